The maximum atomic E-state index is 12.4. The van der Waals surface area contributed by atoms with Gasteiger partial charge < -0.3 is 14.7 Å². The largest absolute Gasteiger partial charge is 0.360 e. The number of likely N-dealkylation sites (N-methyl/N-ethyl adjacent to an activating group) is 1. The summed E-state index contributed by atoms with van der Waals surface area (Å²) in [5.74, 6) is 0.251. The van der Waals surface area contributed by atoms with Gasteiger partial charge in [-0.2, -0.15) is 5.10 Å². The van der Waals surface area contributed by atoms with Crippen molar-refractivity contribution < 1.29 is 14.1 Å². The molecule has 1 aromatic carbocycles. The van der Waals surface area contributed by atoms with Gasteiger partial charge in [0.2, 0.25) is 5.91 Å². The van der Waals surface area contributed by atoms with Crippen molar-refractivity contribution in [2.75, 3.05) is 18.9 Å². The fourth-order valence-electron chi connectivity index (χ4n) is 2.27. The first kappa shape index (κ1) is 16.4. The lowest BCUT2D eigenvalue weighted by atomic mass is 10.3. The molecule has 2 amide bonds. The van der Waals surface area contributed by atoms with E-state index in [1.165, 1.54) is 11.1 Å². The normalized spacial score (nSPS) is 10.5. The molecule has 0 fully saturated rings. The Balaban J connectivity index is 1.62. The standard InChI is InChI=1S/C17H17N5O3/c1-12-8-15(20-25-12)19-16(23)11-21(2)17(24)13-9-18-22(10-13)14-6-4-3-5-7-14/h3-10H,11H2,1-2H3,(H,19,20,23). The molecule has 2 heterocycles. The van der Waals surface area contributed by atoms with Crippen LogP contribution in [-0.4, -0.2) is 45.2 Å². The van der Waals surface area contributed by atoms with Crippen LogP contribution in [0.1, 0.15) is 16.1 Å². The van der Waals surface area contributed by atoms with Crippen LogP contribution in [-0.2, 0) is 4.79 Å². The van der Waals surface area contributed by atoms with Crippen molar-refractivity contribution in [1.29, 1.82) is 0 Å². The number of carbonyl (C=O) groups excluding carboxylic acids is 2. The predicted molar refractivity (Wildman–Crippen MR) is 90.4 cm³/mol. The van der Waals surface area contributed by atoms with Crippen LogP contribution >= 0.6 is 0 Å². The molecule has 8 nitrogen and oxygen atoms in total. The molecular weight excluding hydrogens is 322 g/mol. The van der Waals surface area contributed by atoms with E-state index in [-0.39, 0.29) is 18.4 Å². The maximum Gasteiger partial charge on any atom is 0.257 e. The molecule has 128 valence electrons. The quantitative estimate of drug-likeness (QED) is 0.766. The Morgan fingerprint density at radius 3 is 2.72 bits per heavy atom. The zero-order chi connectivity index (χ0) is 17.8. The van der Waals surface area contributed by atoms with Crippen molar-refractivity contribution >= 4 is 17.6 Å². The third-order valence-electron chi connectivity index (χ3n) is 3.47. The second-order valence-electron chi connectivity index (χ2n) is 5.54. The summed E-state index contributed by atoms with van der Waals surface area (Å²) in [5, 5.41) is 10.4. The number of aryl methyl sites for hydroxylation is 1. The Morgan fingerprint density at radius 2 is 2.04 bits per heavy atom. The molecule has 0 spiro atoms. The lowest BCUT2D eigenvalue weighted by molar-refractivity contribution is -0.116. The molecule has 0 aliphatic heterocycles. The van der Waals surface area contributed by atoms with E-state index in [4.69, 9.17) is 4.52 Å². The molecule has 3 aromatic rings. The minimum absolute atomic E-state index is 0.110. The third-order valence-corrected chi connectivity index (χ3v) is 3.47. The minimum atomic E-state index is -0.361. The van der Waals surface area contributed by atoms with Gasteiger partial charge in [-0.25, -0.2) is 4.68 Å². The SMILES string of the molecule is Cc1cc(NC(=O)CN(C)C(=O)c2cnn(-c3ccccc3)c2)no1. The summed E-state index contributed by atoms with van der Waals surface area (Å²) in [6, 6.07) is 11.1. The molecule has 25 heavy (non-hydrogen) atoms. The summed E-state index contributed by atoms with van der Waals surface area (Å²) < 4.78 is 6.49. The molecule has 0 bridgehead atoms. The molecule has 0 unspecified atom stereocenters. The van der Waals surface area contributed by atoms with Gasteiger partial charge in [-0.05, 0) is 19.1 Å². The summed E-state index contributed by atoms with van der Waals surface area (Å²) in [6.45, 7) is 1.62. The number of hydrogen-bond donors (Lipinski definition) is 1. The Hall–Kier alpha value is -3.42. The van der Waals surface area contributed by atoms with E-state index in [9.17, 15) is 9.59 Å². The van der Waals surface area contributed by atoms with Gasteiger partial charge in [-0.3, -0.25) is 9.59 Å². The third kappa shape index (κ3) is 3.92. The molecule has 0 aliphatic carbocycles. The molecule has 0 saturated carbocycles. The van der Waals surface area contributed by atoms with E-state index in [1.807, 2.05) is 30.3 Å². The first-order chi connectivity index (χ1) is 12.0. The highest BCUT2D eigenvalue weighted by molar-refractivity contribution is 5.98. The maximum absolute atomic E-state index is 12.4. The van der Waals surface area contributed by atoms with Crippen molar-refractivity contribution in [3.8, 4) is 5.69 Å². The Labute approximate surface area is 144 Å². The van der Waals surface area contributed by atoms with Crippen LogP contribution in [0.25, 0.3) is 5.69 Å². The van der Waals surface area contributed by atoms with Crippen LogP contribution in [0.4, 0.5) is 5.82 Å². The van der Waals surface area contributed by atoms with Crippen LogP contribution in [0.3, 0.4) is 0 Å². The van der Waals surface area contributed by atoms with Crippen LogP contribution in [0.2, 0.25) is 0 Å². The Bertz CT molecular complexity index is 885. The summed E-state index contributed by atoms with van der Waals surface area (Å²) >= 11 is 0. The topological polar surface area (TPSA) is 93.3 Å². The zero-order valence-electron chi connectivity index (χ0n) is 13.8. The molecule has 0 aliphatic rings. The lowest BCUT2D eigenvalue weighted by Gasteiger charge is -2.15. The second-order valence-corrected chi connectivity index (χ2v) is 5.54. The number of hydrogen-bond acceptors (Lipinski definition) is 5. The fourth-order valence-corrected chi connectivity index (χ4v) is 2.27. The first-order valence-electron chi connectivity index (χ1n) is 7.61. The molecule has 0 saturated heterocycles. The summed E-state index contributed by atoms with van der Waals surface area (Å²) in [5.41, 5.74) is 1.25. The van der Waals surface area contributed by atoms with E-state index in [0.29, 0.717) is 17.1 Å². The van der Waals surface area contributed by atoms with Crippen molar-refractivity contribution in [1.82, 2.24) is 19.8 Å². The zero-order valence-corrected chi connectivity index (χ0v) is 13.8. The van der Waals surface area contributed by atoms with Gasteiger partial charge in [0.15, 0.2) is 5.82 Å². The van der Waals surface area contributed by atoms with Crippen LogP contribution in [0.5, 0.6) is 0 Å². The number of rotatable bonds is 5. The number of aromatic nitrogens is 3. The number of anilines is 1. The van der Waals surface area contributed by atoms with E-state index < -0.39 is 0 Å². The Morgan fingerprint density at radius 1 is 1.28 bits per heavy atom. The molecule has 1 N–H and O–H groups in total. The highest BCUT2D eigenvalue weighted by atomic mass is 16.5. The smallest absolute Gasteiger partial charge is 0.257 e. The summed E-state index contributed by atoms with van der Waals surface area (Å²) in [7, 11) is 1.55. The number of amides is 2. The van der Waals surface area contributed by atoms with Gasteiger partial charge in [0.05, 0.1) is 24.0 Å². The highest BCUT2D eigenvalue weighted by Gasteiger charge is 2.17. The van der Waals surface area contributed by atoms with E-state index in [0.717, 1.165) is 5.69 Å². The number of carbonyl (C=O) groups is 2. The van der Waals surface area contributed by atoms with Gasteiger partial charge in [-0.15, -0.1) is 0 Å². The lowest BCUT2D eigenvalue weighted by Crippen LogP contribution is -2.34. The van der Waals surface area contributed by atoms with E-state index in [2.05, 4.69) is 15.6 Å². The number of nitrogens with zero attached hydrogens (tertiary/aromatic N) is 4. The molecule has 3 rings (SSSR count). The monoisotopic (exact) mass is 339 g/mol. The van der Waals surface area contributed by atoms with Crippen LogP contribution in [0.15, 0.2) is 53.3 Å². The second kappa shape index (κ2) is 7.00. The summed E-state index contributed by atoms with van der Waals surface area (Å²) in [6.07, 6.45) is 3.11. The number of nitrogens with one attached hydrogen (secondary N) is 1. The molecular formula is C17H17N5O3. The minimum Gasteiger partial charge on any atom is -0.360 e. The Kier molecular flexibility index (Phi) is 4.60. The van der Waals surface area contributed by atoms with Gasteiger partial charge in [0, 0.05) is 19.3 Å². The van der Waals surface area contributed by atoms with Crippen molar-refractivity contribution in [3.05, 3.63) is 60.1 Å². The molecule has 2 aromatic heterocycles. The number of para-hydroxylation sites is 1. The number of benzene rings is 1. The first-order valence-corrected chi connectivity index (χ1v) is 7.61. The van der Waals surface area contributed by atoms with Crippen LogP contribution < -0.4 is 5.32 Å². The van der Waals surface area contributed by atoms with E-state index >= 15 is 0 Å². The van der Waals surface area contributed by atoms with Crippen molar-refractivity contribution in [2.45, 2.75) is 6.92 Å². The van der Waals surface area contributed by atoms with Crippen LogP contribution in [0, 0.1) is 6.92 Å². The van der Waals surface area contributed by atoms with Gasteiger partial charge in [0.1, 0.15) is 5.76 Å². The van der Waals surface area contributed by atoms with E-state index in [1.54, 1.807) is 30.9 Å². The van der Waals surface area contributed by atoms with Gasteiger partial charge in [-0.1, -0.05) is 23.4 Å². The predicted octanol–water partition coefficient (Wildman–Crippen LogP) is 1.88. The fraction of sp³-hybridized carbons (Fsp3) is 0.176. The molecule has 0 radical (unpaired) electrons. The van der Waals surface area contributed by atoms with Gasteiger partial charge in [0.25, 0.3) is 5.91 Å². The van der Waals surface area contributed by atoms with Crippen molar-refractivity contribution in [3.63, 3.8) is 0 Å². The summed E-state index contributed by atoms with van der Waals surface area (Å²) in [4.78, 5) is 25.7. The van der Waals surface area contributed by atoms with Gasteiger partial charge >= 0.3 is 0 Å². The highest BCUT2D eigenvalue weighted by Crippen LogP contribution is 2.10. The molecule has 8 heteroatoms. The average Bonchev–Trinajstić information content (AvgIpc) is 3.24. The van der Waals surface area contributed by atoms with Crippen molar-refractivity contribution in [2.24, 2.45) is 0 Å². The average molecular weight is 339 g/mol. The molecule has 0 atom stereocenters.